The Morgan fingerprint density at radius 1 is 1.09 bits per heavy atom. The fourth-order valence-electron chi connectivity index (χ4n) is 2.34. The molecule has 6 heteroatoms. The lowest BCUT2D eigenvalue weighted by atomic mass is 10.2. The van der Waals surface area contributed by atoms with Crippen molar-refractivity contribution in [2.24, 2.45) is 0 Å². The van der Waals surface area contributed by atoms with Crippen LogP contribution in [0.1, 0.15) is 16.1 Å². The molecule has 0 amide bonds. The Kier molecular flexibility index (Phi) is 4.12. The molecule has 5 nitrogen and oxygen atoms in total. The molecule has 0 aliphatic carbocycles. The highest BCUT2D eigenvalue weighted by Gasteiger charge is 2.10. The van der Waals surface area contributed by atoms with Crippen LogP contribution in [0.15, 0.2) is 48.5 Å². The van der Waals surface area contributed by atoms with Crippen molar-refractivity contribution in [1.29, 1.82) is 0 Å². The summed E-state index contributed by atoms with van der Waals surface area (Å²) in [6, 6.07) is 14.9. The highest BCUT2D eigenvalue weighted by Crippen LogP contribution is 2.25. The van der Waals surface area contributed by atoms with Gasteiger partial charge in [-0.3, -0.25) is 15.2 Å². The van der Waals surface area contributed by atoms with Crippen LogP contribution in [0, 0.1) is 6.92 Å². The van der Waals surface area contributed by atoms with Crippen molar-refractivity contribution in [2.45, 2.75) is 6.92 Å². The molecule has 0 bridgehead atoms. The van der Waals surface area contributed by atoms with Crippen molar-refractivity contribution in [1.82, 2.24) is 10.2 Å². The van der Waals surface area contributed by atoms with Crippen LogP contribution in [0.5, 0.6) is 0 Å². The van der Waals surface area contributed by atoms with Gasteiger partial charge in [0.15, 0.2) is 0 Å². The van der Waals surface area contributed by atoms with E-state index in [0.717, 1.165) is 28.0 Å². The Bertz CT molecular complexity index is 864. The fraction of sp³-hybridized carbons (Fsp3) is 0.118. The maximum atomic E-state index is 11.1. The number of carbonyl (C=O) groups excluding carboxylic acids is 1. The molecule has 0 aliphatic rings. The van der Waals surface area contributed by atoms with E-state index in [1.54, 1.807) is 12.1 Å². The largest absolute Gasteiger partial charge is 0.296 e. The second-order valence-corrected chi connectivity index (χ2v) is 5.51. The normalized spacial score (nSPS) is 10.6. The second-order valence-electron chi connectivity index (χ2n) is 5.17. The Morgan fingerprint density at radius 2 is 1.78 bits per heavy atom. The van der Waals surface area contributed by atoms with Gasteiger partial charge >= 0.3 is 0 Å². The summed E-state index contributed by atoms with van der Waals surface area (Å²) in [6.07, 6.45) is 0. The zero-order chi connectivity index (χ0) is 16.4. The minimum Gasteiger partial charge on any atom is -0.296 e. The number of hydrazine groups is 1. The molecule has 1 heterocycles. The van der Waals surface area contributed by atoms with Crippen molar-refractivity contribution in [2.75, 3.05) is 17.5 Å². The molecule has 0 radical (unpaired) electrons. The first-order chi connectivity index (χ1) is 11.1. The van der Waals surface area contributed by atoms with E-state index in [1.165, 1.54) is 0 Å². The summed E-state index contributed by atoms with van der Waals surface area (Å²) in [4.78, 5) is 11.1. The van der Waals surface area contributed by atoms with E-state index in [9.17, 15) is 4.79 Å². The molecular weight excluding hydrogens is 312 g/mol. The molecule has 0 saturated heterocycles. The lowest BCUT2D eigenvalue weighted by Crippen LogP contribution is -2.25. The van der Waals surface area contributed by atoms with Crippen molar-refractivity contribution < 1.29 is 4.79 Å². The number of fused-ring (bicyclic) bond motifs is 1. The lowest BCUT2D eigenvalue weighted by molar-refractivity contribution is 0.108. The van der Waals surface area contributed by atoms with Crippen LogP contribution in [0.25, 0.3) is 10.9 Å². The van der Waals surface area contributed by atoms with Gasteiger partial charge in [0.2, 0.25) is 0 Å². The van der Waals surface area contributed by atoms with Gasteiger partial charge in [-0.25, -0.2) is 0 Å². The van der Waals surface area contributed by atoms with E-state index in [1.807, 2.05) is 55.4 Å². The third-order valence-corrected chi connectivity index (χ3v) is 3.82. The van der Waals surface area contributed by atoms with Crippen molar-refractivity contribution in [3.63, 3.8) is 0 Å². The number of aromatic nitrogens is 2. The molecule has 1 aromatic heterocycles. The third kappa shape index (κ3) is 3.10. The van der Waals surface area contributed by atoms with E-state index < -0.39 is 5.24 Å². The van der Waals surface area contributed by atoms with Crippen LogP contribution in [-0.4, -0.2) is 22.5 Å². The first-order valence-electron chi connectivity index (χ1n) is 7.08. The smallest absolute Gasteiger partial charge is 0.252 e. The van der Waals surface area contributed by atoms with Crippen LogP contribution in [0.2, 0.25) is 0 Å². The number of anilines is 2. The van der Waals surface area contributed by atoms with E-state index in [4.69, 9.17) is 11.6 Å². The zero-order valence-corrected chi connectivity index (χ0v) is 13.5. The molecule has 1 N–H and O–H groups in total. The average Bonchev–Trinajstić information content (AvgIpc) is 2.57. The van der Waals surface area contributed by atoms with Crippen LogP contribution in [0.4, 0.5) is 11.4 Å². The maximum absolute atomic E-state index is 11.1. The summed E-state index contributed by atoms with van der Waals surface area (Å²) in [5.41, 5.74) is 7.23. The summed E-state index contributed by atoms with van der Waals surface area (Å²) in [5, 5.41) is 10.8. The fourth-order valence-corrected chi connectivity index (χ4v) is 2.46. The highest BCUT2D eigenvalue weighted by molar-refractivity contribution is 6.67. The topological polar surface area (TPSA) is 58.1 Å². The predicted molar refractivity (Wildman–Crippen MR) is 92.9 cm³/mol. The number of rotatable bonds is 4. The summed E-state index contributed by atoms with van der Waals surface area (Å²) in [5.74, 6) is 0. The van der Waals surface area contributed by atoms with Crippen molar-refractivity contribution in [3.8, 4) is 0 Å². The molecule has 0 spiro atoms. The molecule has 23 heavy (non-hydrogen) atoms. The quantitative estimate of drug-likeness (QED) is 0.584. The molecule has 2 aromatic carbocycles. The van der Waals surface area contributed by atoms with Gasteiger partial charge in [-0.05, 0) is 48.9 Å². The number of carbonyl (C=O) groups is 1. The van der Waals surface area contributed by atoms with Crippen LogP contribution in [0.3, 0.4) is 0 Å². The molecule has 3 rings (SSSR count). The van der Waals surface area contributed by atoms with Gasteiger partial charge in [-0.15, -0.1) is 0 Å². The maximum Gasteiger partial charge on any atom is 0.252 e. The molecule has 0 saturated carbocycles. The van der Waals surface area contributed by atoms with E-state index in [0.29, 0.717) is 5.56 Å². The highest BCUT2D eigenvalue weighted by atomic mass is 35.5. The molecule has 0 atom stereocenters. The zero-order valence-electron chi connectivity index (χ0n) is 12.7. The molecule has 116 valence electrons. The Labute approximate surface area is 138 Å². The number of benzene rings is 2. The standard InChI is InChI=1S/C17H15ClN4O/c1-11-16(14-5-3-4-6-15(14)20-19-11)21-22(2)13-9-7-12(8-10-13)17(18)23/h3-10H,1-2H3,(H,20,21). The summed E-state index contributed by atoms with van der Waals surface area (Å²) >= 11 is 5.47. The minimum absolute atomic E-state index is 0.465. The molecule has 3 aromatic rings. The molecule has 0 aliphatic heterocycles. The van der Waals surface area contributed by atoms with E-state index in [2.05, 4.69) is 15.6 Å². The van der Waals surface area contributed by atoms with Gasteiger partial charge in [-0.1, -0.05) is 18.2 Å². The summed E-state index contributed by atoms with van der Waals surface area (Å²) < 4.78 is 0. The van der Waals surface area contributed by atoms with Gasteiger partial charge in [0.1, 0.15) is 0 Å². The van der Waals surface area contributed by atoms with E-state index >= 15 is 0 Å². The second kappa shape index (κ2) is 6.22. The van der Waals surface area contributed by atoms with Gasteiger partial charge in [0.25, 0.3) is 5.24 Å². The van der Waals surface area contributed by atoms with Gasteiger partial charge in [0, 0.05) is 18.0 Å². The number of hydrogen-bond acceptors (Lipinski definition) is 5. The van der Waals surface area contributed by atoms with E-state index in [-0.39, 0.29) is 0 Å². The average molecular weight is 327 g/mol. The van der Waals surface area contributed by atoms with Gasteiger partial charge in [-0.2, -0.15) is 10.2 Å². The molecule has 0 fully saturated rings. The van der Waals surface area contributed by atoms with Crippen LogP contribution < -0.4 is 10.4 Å². The molecule has 0 unspecified atom stereocenters. The number of hydrogen-bond donors (Lipinski definition) is 1. The van der Waals surface area contributed by atoms with Crippen molar-refractivity contribution >= 4 is 39.1 Å². The van der Waals surface area contributed by atoms with Crippen LogP contribution >= 0.6 is 11.6 Å². The first kappa shape index (κ1) is 15.2. The Balaban J connectivity index is 1.92. The number of nitrogens with one attached hydrogen (secondary N) is 1. The lowest BCUT2D eigenvalue weighted by Gasteiger charge is -2.23. The van der Waals surface area contributed by atoms with Crippen molar-refractivity contribution in [3.05, 3.63) is 59.8 Å². The monoisotopic (exact) mass is 326 g/mol. The molecular formula is C17H15ClN4O. The minimum atomic E-state index is -0.465. The third-order valence-electron chi connectivity index (χ3n) is 3.60. The number of aryl methyl sites for hydroxylation is 1. The summed E-state index contributed by atoms with van der Waals surface area (Å²) in [7, 11) is 1.90. The number of nitrogens with zero attached hydrogens (tertiary/aromatic N) is 3. The Hall–Kier alpha value is -2.66. The Morgan fingerprint density at radius 3 is 2.48 bits per heavy atom. The summed E-state index contributed by atoms with van der Waals surface area (Å²) in [6.45, 7) is 1.91. The number of halogens is 1. The SMILES string of the molecule is Cc1nnc2ccccc2c1NN(C)c1ccc(C(=O)Cl)cc1. The van der Waals surface area contributed by atoms with Crippen LogP contribution in [-0.2, 0) is 0 Å². The first-order valence-corrected chi connectivity index (χ1v) is 7.46. The predicted octanol–water partition coefficient (Wildman–Crippen LogP) is 3.78. The van der Waals surface area contributed by atoms with Gasteiger partial charge in [0.05, 0.1) is 22.6 Å². The van der Waals surface area contributed by atoms with Gasteiger partial charge < -0.3 is 0 Å².